The number of benzene rings is 2. The van der Waals surface area contributed by atoms with E-state index >= 15 is 0 Å². The summed E-state index contributed by atoms with van der Waals surface area (Å²) in [6.07, 6.45) is 0. The fraction of sp³-hybridized carbons (Fsp3) is 0.0667. The van der Waals surface area contributed by atoms with Crippen molar-refractivity contribution in [1.29, 1.82) is 0 Å². The van der Waals surface area contributed by atoms with Crippen LogP contribution in [0.25, 0.3) is 0 Å². The number of hydrogen-bond acceptors (Lipinski definition) is 3. The largest absolute Gasteiger partial charge is 0.382 e. The number of aryl methyl sites for hydroxylation is 1. The molecule has 0 aromatic heterocycles. The highest BCUT2D eigenvalue weighted by molar-refractivity contribution is 7.91. The second kappa shape index (κ2) is 5.76. The Morgan fingerprint density at radius 3 is 2.20 bits per heavy atom. The molecule has 2 rings (SSSR count). The first-order valence-electron chi connectivity index (χ1n) is 5.74. The van der Waals surface area contributed by atoms with Crippen LogP contribution in [0.3, 0.4) is 0 Å². The summed E-state index contributed by atoms with van der Waals surface area (Å²) in [7, 11) is -4.01. The average molecular weight is 290 g/mol. The lowest BCUT2D eigenvalue weighted by molar-refractivity contribution is 0.498. The van der Waals surface area contributed by atoms with Crippen LogP contribution in [0, 0.1) is 23.9 Å². The molecule has 3 nitrogen and oxygen atoms in total. The average Bonchev–Trinajstić information content (AvgIpc) is 2.41. The van der Waals surface area contributed by atoms with Crippen LogP contribution in [0.1, 0.15) is 11.1 Å². The molecule has 0 saturated heterocycles. The third-order valence-electron chi connectivity index (χ3n) is 2.39. The van der Waals surface area contributed by atoms with Gasteiger partial charge >= 0.3 is 10.1 Å². The predicted molar refractivity (Wildman–Crippen MR) is 74.0 cm³/mol. The zero-order valence-corrected chi connectivity index (χ0v) is 11.4. The van der Waals surface area contributed by atoms with Crippen LogP contribution < -0.4 is 4.18 Å². The molecule has 0 unspecified atom stereocenters. The summed E-state index contributed by atoms with van der Waals surface area (Å²) < 4.78 is 40.8. The van der Waals surface area contributed by atoms with E-state index in [4.69, 9.17) is 4.18 Å². The standard InChI is InChI=1S/C15H11FO3S/c1-12-2-8-15(9-3-12)19-20(17,18)11-10-13-4-6-14(16)7-5-13/h2-9H,1H3. The maximum absolute atomic E-state index is 12.7. The quantitative estimate of drug-likeness (QED) is 0.631. The molecule has 2 aromatic carbocycles. The third-order valence-corrected chi connectivity index (χ3v) is 3.16. The minimum absolute atomic E-state index is 0.198. The van der Waals surface area contributed by atoms with Crippen molar-refractivity contribution in [2.45, 2.75) is 6.92 Å². The summed E-state index contributed by atoms with van der Waals surface area (Å²) in [5.41, 5.74) is 1.38. The van der Waals surface area contributed by atoms with Gasteiger partial charge in [-0.2, -0.15) is 8.42 Å². The van der Waals surface area contributed by atoms with Crippen molar-refractivity contribution in [2.24, 2.45) is 0 Å². The van der Waals surface area contributed by atoms with Crippen molar-refractivity contribution in [1.82, 2.24) is 0 Å². The second-order valence-corrected chi connectivity index (χ2v) is 5.36. The Morgan fingerprint density at radius 1 is 1.00 bits per heavy atom. The zero-order valence-electron chi connectivity index (χ0n) is 10.6. The van der Waals surface area contributed by atoms with Crippen LogP contribution in [0.5, 0.6) is 5.75 Å². The second-order valence-electron chi connectivity index (χ2n) is 4.08. The highest BCUT2D eigenvalue weighted by Crippen LogP contribution is 2.13. The molecular weight excluding hydrogens is 279 g/mol. The van der Waals surface area contributed by atoms with E-state index in [9.17, 15) is 12.8 Å². The van der Waals surface area contributed by atoms with E-state index in [1.54, 1.807) is 24.3 Å². The van der Waals surface area contributed by atoms with Crippen LogP contribution in [0.2, 0.25) is 0 Å². The smallest absolute Gasteiger partial charge is 0.373 e. The van der Waals surface area contributed by atoms with Gasteiger partial charge in [0.1, 0.15) is 11.6 Å². The highest BCUT2D eigenvalue weighted by atomic mass is 32.2. The van der Waals surface area contributed by atoms with Gasteiger partial charge in [-0.1, -0.05) is 17.7 Å². The molecule has 0 radical (unpaired) electrons. The van der Waals surface area contributed by atoms with E-state index in [0.29, 0.717) is 5.56 Å². The summed E-state index contributed by atoms with van der Waals surface area (Å²) in [6, 6.07) is 11.8. The normalized spacial score (nSPS) is 10.5. The van der Waals surface area contributed by atoms with E-state index in [0.717, 1.165) is 5.56 Å². The summed E-state index contributed by atoms with van der Waals surface area (Å²) >= 11 is 0. The molecule has 0 bridgehead atoms. The van der Waals surface area contributed by atoms with Gasteiger partial charge in [0.2, 0.25) is 0 Å². The lowest BCUT2D eigenvalue weighted by atomic mass is 10.2. The first-order chi connectivity index (χ1) is 9.44. The topological polar surface area (TPSA) is 43.4 Å². The van der Waals surface area contributed by atoms with Gasteiger partial charge < -0.3 is 4.18 Å². The molecule has 0 amide bonds. The summed E-state index contributed by atoms with van der Waals surface area (Å²) in [4.78, 5) is 0. The van der Waals surface area contributed by atoms with Crippen molar-refractivity contribution in [3.8, 4) is 16.9 Å². The minimum atomic E-state index is -4.01. The monoisotopic (exact) mass is 290 g/mol. The fourth-order valence-corrected chi connectivity index (χ4v) is 2.04. The van der Waals surface area contributed by atoms with Crippen molar-refractivity contribution in [2.75, 3.05) is 0 Å². The van der Waals surface area contributed by atoms with Crippen molar-refractivity contribution in [3.63, 3.8) is 0 Å². The van der Waals surface area contributed by atoms with Gasteiger partial charge in [-0.25, -0.2) is 4.39 Å². The Kier molecular flexibility index (Phi) is 4.06. The van der Waals surface area contributed by atoms with Gasteiger partial charge in [0, 0.05) is 5.56 Å². The molecule has 0 aliphatic rings. The van der Waals surface area contributed by atoms with Gasteiger partial charge in [0.15, 0.2) is 0 Å². The van der Waals surface area contributed by atoms with Crippen molar-refractivity contribution < 1.29 is 17.0 Å². The summed E-state index contributed by atoms with van der Waals surface area (Å²) in [5, 5.41) is 2.04. The van der Waals surface area contributed by atoms with Crippen molar-refractivity contribution >= 4 is 10.1 Å². The van der Waals surface area contributed by atoms with Gasteiger partial charge in [-0.05, 0) is 49.2 Å². The van der Waals surface area contributed by atoms with E-state index < -0.39 is 15.9 Å². The van der Waals surface area contributed by atoms with E-state index in [2.05, 4.69) is 5.92 Å². The number of rotatable bonds is 2. The van der Waals surface area contributed by atoms with Crippen LogP contribution in [-0.2, 0) is 10.1 Å². The van der Waals surface area contributed by atoms with Crippen LogP contribution in [-0.4, -0.2) is 8.42 Å². The van der Waals surface area contributed by atoms with E-state index in [1.807, 2.05) is 12.2 Å². The van der Waals surface area contributed by atoms with Crippen LogP contribution >= 0.6 is 0 Å². The van der Waals surface area contributed by atoms with Crippen LogP contribution in [0.15, 0.2) is 48.5 Å². The molecule has 0 saturated carbocycles. The zero-order chi connectivity index (χ0) is 14.6. The molecule has 2 aromatic rings. The van der Waals surface area contributed by atoms with Gasteiger partial charge in [0.05, 0.1) is 5.25 Å². The molecule has 0 spiro atoms. The van der Waals surface area contributed by atoms with Gasteiger partial charge in [-0.15, -0.1) is 0 Å². The first kappa shape index (κ1) is 14.1. The minimum Gasteiger partial charge on any atom is -0.373 e. The summed E-state index contributed by atoms with van der Waals surface area (Å²) in [5.74, 6) is 2.20. The van der Waals surface area contributed by atoms with E-state index in [1.165, 1.54) is 24.3 Å². The Bertz CT molecular complexity index is 752. The van der Waals surface area contributed by atoms with Gasteiger partial charge in [-0.3, -0.25) is 0 Å². The Hall–Kier alpha value is -2.32. The molecule has 0 aliphatic heterocycles. The SMILES string of the molecule is Cc1ccc(OS(=O)(=O)C#Cc2ccc(F)cc2)cc1. The van der Waals surface area contributed by atoms with Crippen LogP contribution in [0.4, 0.5) is 4.39 Å². The summed E-state index contributed by atoms with van der Waals surface area (Å²) in [6.45, 7) is 1.88. The van der Waals surface area contributed by atoms with Gasteiger partial charge in [0.25, 0.3) is 0 Å². The molecule has 5 heteroatoms. The third kappa shape index (κ3) is 4.11. The Labute approximate surface area is 117 Å². The first-order valence-corrected chi connectivity index (χ1v) is 7.15. The fourth-order valence-electron chi connectivity index (χ4n) is 1.40. The maximum atomic E-state index is 12.7. The predicted octanol–water partition coefficient (Wildman–Crippen LogP) is 2.85. The number of halogens is 1. The molecular formula is C15H11FO3S. The highest BCUT2D eigenvalue weighted by Gasteiger charge is 2.08. The molecule has 0 N–H and O–H groups in total. The molecule has 0 fully saturated rings. The molecule has 0 heterocycles. The maximum Gasteiger partial charge on any atom is 0.382 e. The molecule has 20 heavy (non-hydrogen) atoms. The Morgan fingerprint density at radius 2 is 1.60 bits per heavy atom. The van der Waals surface area contributed by atoms with Crippen molar-refractivity contribution in [3.05, 3.63) is 65.5 Å². The van der Waals surface area contributed by atoms with E-state index in [-0.39, 0.29) is 5.75 Å². The lowest BCUT2D eigenvalue weighted by Gasteiger charge is -2.01. The lowest BCUT2D eigenvalue weighted by Crippen LogP contribution is -2.05. The Balaban J connectivity index is 2.16. The number of hydrogen-bond donors (Lipinski definition) is 0. The molecule has 0 atom stereocenters. The molecule has 102 valence electrons. The molecule has 0 aliphatic carbocycles.